The zero-order valence-electron chi connectivity index (χ0n) is 12.6. The fraction of sp³-hybridized carbons (Fsp3) is 0.294. The topological polar surface area (TPSA) is 37.8 Å². The molecule has 3 nitrogen and oxygen atoms in total. The second kappa shape index (κ2) is 5.82. The predicted molar refractivity (Wildman–Crippen MR) is 90.0 cm³/mol. The fourth-order valence-electron chi connectivity index (χ4n) is 2.41. The number of hydrogen-bond donors (Lipinski definition) is 1. The third-order valence-electron chi connectivity index (χ3n) is 3.51. The first kappa shape index (κ1) is 14.0. The molecule has 3 rings (SSSR count). The van der Waals surface area contributed by atoms with E-state index < -0.39 is 0 Å². The first-order valence-electron chi connectivity index (χ1n) is 7.25. The number of benzene rings is 1. The van der Waals surface area contributed by atoms with Crippen LogP contribution >= 0.6 is 11.3 Å². The van der Waals surface area contributed by atoms with Gasteiger partial charge in [-0.1, -0.05) is 25.1 Å². The second-order valence-electron chi connectivity index (χ2n) is 5.21. The highest BCUT2D eigenvalue weighted by atomic mass is 32.1. The van der Waals surface area contributed by atoms with E-state index in [2.05, 4.69) is 47.3 Å². The molecule has 1 aromatic carbocycles. The van der Waals surface area contributed by atoms with Crippen molar-refractivity contribution in [2.24, 2.45) is 0 Å². The number of hydrogen-bond acceptors (Lipinski definition) is 4. The van der Waals surface area contributed by atoms with Crippen molar-refractivity contribution < 1.29 is 0 Å². The van der Waals surface area contributed by atoms with Crippen LogP contribution in [0.3, 0.4) is 0 Å². The Kier molecular flexibility index (Phi) is 3.88. The zero-order chi connectivity index (χ0) is 14.8. The maximum Gasteiger partial charge on any atom is 0.115 e. The highest BCUT2D eigenvalue weighted by Gasteiger charge is 2.12. The third-order valence-corrected chi connectivity index (χ3v) is 4.83. The molecule has 108 valence electrons. The van der Waals surface area contributed by atoms with Gasteiger partial charge in [0, 0.05) is 27.8 Å². The standard InChI is InChI=1S/C17H19N3S/c1-4-13-10-18-17(21-13)12(3)20-16-9-11(2)19-15-8-6-5-7-14(15)16/h5-10,12H,4H2,1-3H3,(H,19,20). The largest absolute Gasteiger partial charge is 0.375 e. The third kappa shape index (κ3) is 2.90. The van der Waals surface area contributed by atoms with Crippen LogP contribution < -0.4 is 5.32 Å². The van der Waals surface area contributed by atoms with E-state index in [1.165, 1.54) is 4.88 Å². The van der Waals surface area contributed by atoms with Gasteiger partial charge in [-0.3, -0.25) is 4.98 Å². The Morgan fingerprint density at radius 2 is 2.10 bits per heavy atom. The average molecular weight is 297 g/mol. The molecule has 0 saturated carbocycles. The molecule has 0 amide bonds. The van der Waals surface area contributed by atoms with Crippen molar-refractivity contribution in [1.29, 1.82) is 0 Å². The highest BCUT2D eigenvalue weighted by molar-refractivity contribution is 7.11. The number of aromatic nitrogens is 2. The van der Waals surface area contributed by atoms with E-state index in [0.717, 1.165) is 33.7 Å². The van der Waals surface area contributed by atoms with Gasteiger partial charge in [-0.05, 0) is 32.4 Å². The fourth-order valence-corrected chi connectivity index (χ4v) is 3.27. The normalized spacial score (nSPS) is 12.5. The van der Waals surface area contributed by atoms with Crippen molar-refractivity contribution >= 4 is 27.9 Å². The van der Waals surface area contributed by atoms with Crippen LogP contribution in [0.1, 0.15) is 35.5 Å². The van der Waals surface area contributed by atoms with Crippen LogP contribution in [0.2, 0.25) is 0 Å². The molecule has 0 fully saturated rings. The van der Waals surface area contributed by atoms with Gasteiger partial charge in [-0.15, -0.1) is 11.3 Å². The number of rotatable bonds is 4. The summed E-state index contributed by atoms with van der Waals surface area (Å²) in [5, 5.41) is 5.87. The van der Waals surface area contributed by atoms with Gasteiger partial charge in [0.2, 0.25) is 0 Å². The monoisotopic (exact) mass is 297 g/mol. The minimum atomic E-state index is 0.195. The van der Waals surface area contributed by atoms with Crippen LogP contribution in [-0.2, 0) is 6.42 Å². The summed E-state index contributed by atoms with van der Waals surface area (Å²) in [6.07, 6.45) is 3.02. The first-order valence-corrected chi connectivity index (χ1v) is 8.06. The van der Waals surface area contributed by atoms with Crippen LogP contribution in [0.5, 0.6) is 0 Å². The van der Waals surface area contributed by atoms with E-state index >= 15 is 0 Å². The molecule has 1 N–H and O–H groups in total. The molecule has 1 unspecified atom stereocenters. The number of aryl methyl sites for hydroxylation is 2. The molecule has 1 atom stereocenters. The van der Waals surface area contributed by atoms with Crippen molar-refractivity contribution in [1.82, 2.24) is 9.97 Å². The number of nitrogens with one attached hydrogen (secondary N) is 1. The smallest absolute Gasteiger partial charge is 0.115 e. The summed E-state index contributed by atoms with van der Waals surface area (Å²) < 4.78 is 0. The SMILES string of the molecule is CCc1cnc(C(C)Nc2cc(C)nc3ccccc23)s1. The quantitative estimate of drug-likeness (QED) is 0.756. The van der Waals surface area contributed by atoms with E-state index in [-0.39, 0.29) is 6.04 Å². The highest BCUT2D eigenvalue weighted by Crippen LogP contribution is 2.28. The van der Waals surface area contributed by atoms with Gasteiger partial charge in [-0.2, -0.15) is 0 Å². The lowest BCUT2D eigenvalue weighted by atomic mass is 10.1. The molecule has 4 heteroatoms. The molecule has 0 aliphatic carbocycles. The summed E-state index contributed by atoms with van der Waals surface area (Å²) in [5.74, 6) is 0. The molecule has 0 radical (unpaired) electrons. The van der Waals surface area contributed by atoms with Crippen LogP contribution in [0.25, 0.3) is 10.9 Å². The van der Waals surface area contributed by atoms with Crippen molar-refractivity contribution in [2.75, 3.05) is 5.32 Å². The molecule has 21 heavy (non-hydrogen) atoms. The number of fused-ring (bicyclic) bond motifs is 1. The van der Waals surface area contributed by atoms with Crippen molar-refractivity contribution in [3.05, 3.63) is 52.1 Å². The van der Waals surface area contributed by atoms with E-state index in [1.54, 1.807) is 11.3 Å². The van der Waals surface area contributed by atoms with Crippen LogP contribution in [-0.4, -0.2) is 9.97 Å². The summed E-state index contributed by atoms with van der Waals surface area (Å²) in [4.78, 5) is 10.4. The Morgan fingerprint density at radius 1 is 1.29 bits per heavy atom. The number of nitrogens with zero attached hydrogens (tertiary/aromatic N) is 2. The molecule has 2 aromatic heterocycles. The Balaban J connectivity index is 1.93. The first-order chi connectivity index (χ1) is 10.2. The van der Waals surface area contributed by atoms with Crippen LogP contribution in [0, 0.1) is 6.92 Å². The maximum absolute atomic E-state index is 4.58. The average Bonchev–Trinajstić information content (AvgIpc) is 2.96. The zero-order valence-corrected chi connectivity index (χ0v) is 13.4. The van der Waals surface area contributed by atoms with Crippen LogP contribution in [0.15, 0.2) is 36.5 Å². The van der Waals surface area contributed by atoms with Gasteiger partial charge in [-0.25, -0.2) is 4.98 Å². The van der Waals surface area contributed by atoms with Gasteiger partial charge < -0.3 is 5.32 Å². The Bertz CT molecular complexity index is 764. The Hall–Kier alpha value is -1.94. The predicted octanol–water partition coefficient (Wildman–Crippen LogP) is 4.74. The summed E-state index contributed by atoms with van der Waals surface area (Å²) in [6, 6.07) is 10.5. The molecule has 3 aromatic rings. The molecule has 0 spiro atoms. The van der Waals surface area contributed by atoms with Crippen molar-refractivity contribution in [3.63, 3.8) is 0 Å². The lowest BCUT2D eigenvalue weighted by molar-refractivity contribution is 0.870. The van der Waals surface area contributed by atoms with Crippen molar-refractivity contribution in [3.8, 4) is 0 Å². The summed E-state index contributed by atoms with van der Waals surface area (Å²) in [7, 11) is 0. The molecular weight excluding hydrogens is 278 g/mol. The van der Waals surface area contributed by atoms with Gasteiger partial charge in [0.05, 0.1) is 11.6 Å². The number of thiazole rings is 1. The molecule has 0 bridgehead atoms. The summed E-state index contributed by atoms with van der Waals surface area (Å²) >= 11 is 1.78. The van der Waals surface area contributed by atoms with Crippen LogP contribution in [0.4, 0.5) is 5.69 Å². The Labute approximate surface area is 129 Å². The maximum atomic E-state index is 4.58. The lowest BCUT2D eigenvalue weighted by Gasteiger charge is -2.15. The minimum absolute atomic E-state index is 0.195. The lowest BCUT2D eigenvalue weighted by Crippen LogP contribution is -2.07. The van der Waals surface area contributed by atoms with E-state index in [4.69, 9.17) is 0 Å². The number of anilines is 1. The molecule has 2 heterocycles. The summed E-state index contributed by atoms with van der Waals surface area (Å²) in [5.41, 5.74) is 3.18. The summed E-state index contributed by atoms with van der Waals surface area (Å²) in [6.45, 7) is 6.35. The van der Waals surface area contributed by atoms with Gasteiger partial charge in [0.15, 0.2) is 0 Å². The molecule has 0 saturated heterocycles. The second-order valence-corrected chi connectivity index (χ2v) is 6.36. The molecular formula is C17H19N3S. The molecule has 0 aliphatic rings. The molecule has 0 aliphatic heterocycles. The minimum Gasteiger partial charge on any atom is -0.375 e. The van der Waals surface area contributed by atoms with E-state index in [0.29, 0.717) is 0 Å². The van der Waals surface area contributed by atoms with E-state index in [9.17, 15) is 0 Å². The Morgan fingerprint density at radius 3 is 2.86 bits per heavy atom. The number of pyridine rings is 1. The van der Waals surface area contributed by atoms with Crippen molar-refractivity contribution in [2.45, 2.75) is 33.2 Å². The van der Waals surface area contributed by atoms with Gasteiger partial charge >= 0.3 is 0 Å². The van der Waals surface area contributed by atoms with Gasteiger partial charge in [0.25, 0.3) is 0 Å². The number of para-hydroxylation sites is 1. The van der Waals surface area contributed by atoms with Gasteiger partial charge in [0.1, 0.15) is 5.01 Å². The van der Waals surface area contributed by atoms with E-state index in [1.807, 2.05) is 25.3 Å².